The minimum absolute atomic E-state index is 0.222. The third-order valence-corrected chi connectivity index (χ3v) is 4.17. The Hall–Kier alpha value is -3.46. The zero-order chi connectivity index (χ0) is 20.6. The number of pyridine rings is 2. The summed E-state index contributed by atoms with van der Waals surface area (Å²) in [6, 6.07) is 8.23. The van der Waals surface area contributed by atoms with E-state index in [9.17, 15) is 9.59 Å². The van der Waals surface area contributed by atoms with Crippen LogP contribution in [-0.2, 0) is 4.74 Å². The van der Waals surface area contributed by atoms with Gasteiger partial charge in [0, 0.05) is 38.2 Å². The molecule has 0 saturated heterocycles. The number of ether oxygens (including phenoxy) is 2. The lowest BCUT2D eigenvalue weighted by Gasteiger charge is -2.07. The van der Waals surface area contributed by atoms with Crippen molar-refractivity contribution in [3.8, 4) is 23.0 Å². The zero-order valence-electron chi connectivity index (χ0n) is 16.3. The second-order valence-corrected chi connectivity index (χ2v) is 6.12. The van der Waals surface area contributed by atoms with E-state index in [4.69, 9.17) is 9.47 Å². The van der Waals surface area contributed by atoms with Crippen LogP contribution in [0.25, 0.3) is 17.1 Å². The summed E-state index contributed by atoms with van der Waals surface area (Å²) in [5, 5.41) is 5.81. The Morgan fingerprint density at radius 1 is 1.28 bits per heavy atom. The first-order chi connectivity index (χ1) is 14.1. The second-order valence-electron chi connectivity index (χ2n) is 6.12. The molecule has 0 fully saturated rings. The molecule has 0 aliphatic heterocycles. The van der Waals surface area contributed by atoms with Crippen molar-refractivity contribution in [3.05, 3.63) is 58.6 Å². The molecule has 3 aromatic rings. The Balaban J connectivity index is 1.73. The van der Waals surface area contributed by atoms with Gasteiger partial charge in [0.15, 0.2) is 5.82 Å². The summed E-state index contributed by atoms with van der Waals surface area (Å²) in [6.45, 7) is 3.71. The Labute approximate surface area is 167 Å². The summed E-state index contributed by atoms with van der Waals surface area (Å²) >= 11 is 0. The smallest absolute Gasteiger partial charge is 0.273 e. The molecule has 2 N–H and O–H groups in total. The van der Waals surface area contributed by atoms with Crippen molar-refractivity contribution in [1.82, 2.24) is 25.1 Å². The highest BCUT2D eigenvalue weighted by Gasteiger charge is 2.13. The van der Waals surface area contributed by atoms with E-state index in [2.05, 4.69) is 20.4 Å². The molecule has 0 atom stereocenters. The van der Waals surface area contributed by atoms with Crippen LogP contribution < -0.4 is 15.6 Å². The monoisotopic (exact) mass is 397 g/mol. The topological polar surface area (TPSA) is 111 Å². The van der Waals surface area contributed by atoms with E-state index >= 15 is 0 Å². The quantitative estimate of drug-likeness (QED) is 0.533. The number of hydrogen-bond acceptors (Lipinski definition) is 6. The van der Waals surface area contributed by atoms with Gasteiger partial charge in [-0.15, -0.1) is 0 Å². The third kappa shape index (κ3) is 4.88. The molecule has 0 aliphatic rings. The lowest BCUT2D eigenvalue weighted by atomic mass is 10.2. The average Bonchev–Trinajstić information content (AvgIpc) is 3.15. The maximum atomic E-state index is 12.4. The van der Waals surface area contributed by atoms with Crippen molar-refractivity contribution >= 4 is 5.91 Å². The fourth-order valence-electron chi connectivity index (χ4n) is 2.74. The van der Waals surface area contributed by atoms with Crippen molar-refractivity contribution < 1.29 is 14.3 Å². The van der Waals surface area contributed by atoms with Gasteiger partial charge < -0.3 is 14.8 Å². The van der Waals surface area contributed by atoms with Gasteiger partial charge >= 0.3 is 0 Å². The molecule has 0 bridgehead atoms. The molecular formula is C20H23N5O4. The predicted octanol–water partition coefficient (Wildman–Crippen LogP) is 1.79. The van der Waals surface area contributed by atoms with Crippen molar-refractivity contribution in [2.24, 2.45) is 0 Å². The minimum atomic E-state index is -0.286. The molecule has 9 nitrogen and oxygen atoms in total. The van der Waals surface area contributed by atoms with Gasteiger partial charge in [0.05, 0.1) is 23.9 Å². The molecule has 9 heteroatoms. The number of H-pyrrole nitrogens is 1. The molecule has 29 heavy (non-hydrogen) atoms. The molecule has 0 radical (unpaired) electrons. The maximum absolute atomic E-state index is 12.4. The van der Waals surface area contributed by atoms with Crippen LogP contribution in [0.3, 0.4) is 0 Å². The van der Waals surface area contributed by atoms with Crippen LogP contribution in [0.15, 0.2) is 47.5 Å². The van der Waals surface area contributed by atoms with Crippen LogP contribution in [0.1, 0.15) is 23.7 Å². The predicted molar refractivity (Wildman–Crippen MR) is 107 cm³/mol. The van der Waals surface area contributed by atoms with Crippen molar-refractivity contribution in [2.75, 3.05) is 26.9 Å². The summed E-state index contributed by atoms with van der Waals surface area (Å²) < 4.78 is 11.8. The average molecular weight is 397 g/mol. The highest BCUT2D eigenvalue weighted by molar-refractivity contribution is 5.93. The number of methoxy groups -OCH3 is 1. The minimum Gasteiger partial charge on any atom is -0.481 e. The normalized spacial score (nSPS) is 10.7. The molecule has 1 amide bonds. The number of carbonyl (C=O) groups is 1. The first-order valence-corrected chi connectivity index (χ1v) is 9.28. The summed E-state index contributed by atoms with van der Waals surface area (Å²) in [5.41, 5.74) is 1.34. The lowest BCUT2D eigenvalue weighted by Crippen LogP contribution is -2.25. The zero-order valence-corrected chi connectivity index (χ0v) is 16.3. The second kappa shape index (κ2) is 9.65. The first kappa shape index (κ1) is 20.3. The van der Waals surface area contributed by atoms with Crippen LogP contribution in [0.5, 0.6) is 5.88 Å². The van der Waals surface area contributed by atoms with Crippen molar-refractivity contribution in [1.29, 1.82) is 0 Å². The number of carbonyl (C=O) groups excluding carboxylic acids is 1. The number of nitrogens with zero attached hydrogens (tertiary/aromatic N) is 3. The van der Waals surface area contributed by atoms with E-state index < -0.39 is 0 Å². The summed E-state index contributed by atoms with van der Waals surface area (Å²) in [7, 11) is 1.52. The van der Waals surface area contributed by atoms with Gasteiger partial charge in [-0.2, -0.15) is 0 Å². The highest BCUT2D eigenvalue weighted by atomic mass is 16.5. The van der Waals surface area contributed by atoms with Gasteiger partial charge in [-0.05, 0) is 37.6 Å². The third-order valence-electron chi connectivity index (χ3n) is 4.17. The molecule has 3 aromatic heterocycles. The molecule has 0 aliphatic carbocycles. The van der Waals surface area contributed by atoms with Gasteiger partial charge in [-0.1, -0.05) is 0 Å². The van der Waals surface area contributed by atoms with Gasteiger partial charge in [-0.25, -0.2) is 14.6 Å². The van der Waals surface area contributed by atoms with E-state index in [1.54, 1.807) is 30.5 Å². The standard InChI is InChI=1S/C20H23N5O4/c1-3-29-11-5-10-21-19(27)14-7-8-17(23-13-14)25-18(26)12-16(24-25)15-6-4-9-22-20(15)28-2/h4,6-9,12-13,24H,3,5,10-11H2,1-2H3,(H,21,27). The highest BCUT2D eigenvalue weighted by Crippen LogP contribution is 2.25. The number of aromatic nitrogens is 4. The number of amides is 1. The maximum Gasteiger partial charge on any atom is 0.273 e. The van der Waals surface area contributed by atoms with Crippen molar-refractivity contribution in [2.45, 2.75) is 13.3 Å². The summed E-state index contributed by atoms with van der Waals surface area (Å²) in [4.78, 5) is 32.9. The molecule has 152 valence electrons. The van der Waals surface area contributed by atoms with E-state index in [1.165, 1.54) is 24.1 Å². The molecule has 0 aromatic carbocycles. The van der Waals surface area contributed by atoms with Crippen molar-refractivity contribution in [3.63, 3.8) is 0 Å². The van der Waals surface area contributed by atoms with Crippen LogP contribution in [0.2, 0.25) is 0 Å². The molecule has 3 rings (SSSR count). The molecular weight excluding hydrogens is 374 g/mol. The fourth-order valence-corrected chi connectivity index (χ4v) is 2.74. The first-order valence-electron chi connectivity index (χ1n) is 9.28. The Bertz CT molecular complexity index is 1010. The summed E-state index contributed by atoms with van der Waals surface area (Å²) in [6.07, 6.45) is 3.79. The number of nitrogens with one attached hydrogen (secondary N) is 2. The van der Waals surface area contributed by atoms with E-state index in [-0.39, 0.29) is 11.5 Å². The SMILES string of the molecule is CCOCCCNC(=O)c1ccc(-n2[nH]c(-c3cccnc3OC)cc2=O)nc1. The van der Waals surface area contributed by atoms with E-state index in [1.807, 2.05) is 6.92 Å². The lowest BCUT2D eigenvalue weighted by molar-refractivity contribution is 0.0944. The number of aromatic amines is 1. The Morgan fingerprint density at radius 2 is 2.14 bits per heavy atom. The fraction of sp³-hybridized carbons (Fsp3) is 0.300. The van der Waals surface area contributed by atoms with E-state index in [0.29, 0.717) is 48.3 Å². The van der Waals surface area contributed by atoms with Crippen LogP contribution in [0, 0.1) is 0 Å². The summed E-state index contributed by atoms with van der Waals surface area (Å²) in [5.74, 6) is 0.558. The molecule has 0 spiro atoms. The van der Waals surface area contributed by atoms with Crippen LogP contribution >= 0.6 is 0 Å². The van der Waals surface area contributed by atoms with Gasteiger partial charge in [0.2, 0.25) is 5.88 Å². The molecule has 0 saturated carbocycles. The van der Waals surface area contributed by atoms with Crippen LogP contribution in [-0.4, -0.2) is 52.5 Å². The molecule has 3 heterocycles. The molecule has 0 unspecified atom stereocenters. The largest absolute Gasteiger partial charge is 0.481 e. The number of hydrogen-bond donors (Lipinski definition) is 2. The van der Waals surface area contributed by atoms with Crippen LogP contribution in [0.4, 0.5) is 0 Å². The Morgan fingerprint density at radius 3 is 2.86 bits per heavy atom. The Kier molecular flexibility index (Phi) is 6.75. The van der Waals surface area contributed by atoms with E-state index in [0.717, 1.165) is 6.42 Å². The van der Waals surface area contributed by atoms with Gasteiger partial charge in [-0.3, -0.25) is 14.7 Å². The number of rotatable bonds is 9. The van der Waals surface area contributed by atoms with Gasteiger partial charge in [0.1, 0.15) is 0 Å². The van der Waals surface area contributed by atoms with Gasteiger partial charge in [0.25, 0.3) is 11.5 Å².